The minimum atomic E-state index is 0.0202. The van der Waals surface area contributed by atoms with Gasteiger partial charge in [-0.3, -0.25) is 9.48 Å². The van der Waals surface area contributed by atoms with Gasteiger partial charge in [-0.1, -0.05) is 11.6 Å². The molecule has 16 heavy (non-hydrogen) atoms. The van der Waals surface area contributed by atoms with Crippen molar-refractivity contribution in [3.63, 3.8) is 0 Å². The number of halogens is 1. The Morgan fingerprint density at radius 3 is 3.00 bits per heavy atom. The zero-order valence-electron chi connectivity index (χ0n) is 8.90. The second-order valence-electron chi connectivity index (χ2n) is 4.09. The summed E-state index contributed by atoms with van der Waals surface area (Å²) in [6.07, 6.45) is 5.65. The molecule has 0 unspecified atom stereocenters. The molecule has 2 rings (SSSR count). The van der Waals surface area contributed by atoms with Crippen LogP contribution >= 0.6 is 11.6 Å². The van der Waals surface area contributed by atoms with Crippen LogP contribution in [0.25, 0.3) is 0 Å². The van der Waals surface area contributed by atoms with Crippen LogP contribution in [0.15, 0.2) is 12.4 Å². The fraction of sp³-hybridized carbons (Fsp3) is 0.600. The van der Waals surface area contributed by atoms with Crippen LogP contribution in [0.2, 0.25) is 5.02 Å². The molecule has 1 aromatic heterocycles. The van der Waals surface area contributed by atoms with Gasteiger partial charge in [-0.2, -0.15) is 5.10 Å². The van der Waals surface area contributed by atoms with Gasteiger partial charge in [0, 0.05) is 31.2 Å². The second-order valence-corrected chi connectivity index (χ2v) is 4.52. The van der Waals surface area contributed by atoms with Gasteiger partial charge in [-0.15, -0.1) is 0 Å². The van der Waals surface area contributed by atoms with E-state index in [0.29, 0.717) is 18.0 Å². The normalized spacial score (nSPS) is 23.9. The number of carbonyl (C=O) groups is 1. The van der Waals surface area contributed by atoms with Gasteiger partial charge in [0.25, 0.3) is 0 Å². The Morgan fingerprint density at radius 2 is 2.50 bits per heavy atom. The summed E-state index contributed by atoms with van der Waals surface area (Å²) in [7, 11) is 0. The van der Waals surface area contributed by atoms with Crippen LogP contribution in [0.5, 0.6) is 0 Å². The highest BCUT2D eigenvalue weighted by molar-refractivity contribution is 6.30. The topological polar surface area (TPSA) is 72.9 Å². The monoisotopic (exact) mass is 242 g/mol. The Hall–Kier alpha value is -1.07. The SMILES string of the molecule is N[C@@H]1CC[C@@H]1NC(=O)CCn1cc(Cl)cn1. The standard InChI is InChI=1S/C10H15ClN4O/c11-7-5-13-15(6-7)4-3-10(16)14-9-2-1-8(9)12/h5-6,8-9H,1-4,12H2,(H,14,16)/t8-,9+/m1/s1. The molecule has 1 aliphatic carbocycles. The van der Waals surface area contributed by atoms with E-state index in [9.17, 15) is 4.79 Å². The first-order chi connectivity index (χ1) is 7.65. The van der Waals surface area contributed by atoms with E-state index >= 15 is 0 Å². The Labute approximate surface area is 98.9 Å². The van der Waals surface area contributed by atoms with Crippen molar-refractivity contribution >= 4 is 17.5 Å². The molecule has 3 N–H and O–H groups in total. The Kier molecular flexibility index (Phi) is 3.46. The van der Waals surface area contributed by atoms with E-state index in [-0.39, 0.29) is 18.0 Å². The van der Waals surface area contributed by atoms with E-state index in [1.165, 1.54) is 0 Å². The quantitative estimate of drug-likeness (QED) is 0.809. The Bertz CT molecular complexity index is 379. The molecule has 2 atom stereocenters. The molecule has 0 aliphatic heterocycles. The predicted octanol–water partition coefficient (Wildman–Crippen LogP) is 0.532. The summed E-state index contributed by atoms with van der Waals surface area (Å²) in [6, 6.07) is 0.289. The average Bonchev–Trinajstić information content (AvgIpc) is 2.67. The number of hydrogen-bond acceptors (Lipinski definition) is 3. The van der Waals surface area contributed by atoms with Gasteiger partial charge < -0.3 is 11.1 Å². The molecule has 1 aliphatic rings. The molecule has 0 spiro atoms. The molecule has 1 fully saturated rings. The number of nitrogens with one attached hydrogen (secondary N) is 1. The van der Waals surface area contributed by atoms with E-state index in [1.807, 2.05) is 0 Å². The third-order valence-electron chi connectivity index (χ3n) is 2.84. The summed E-state index contributed by atoms with van der Waals surface area (Å²) in [5.74, 6) is 0.0202. The zero-order valence-corrected chi connectivity index (χ0v) is 9.65. The fourth-order valence-corrected chi connectivity index (χ4v) is 1.82. The van der Waals surface area contributed by atoms with Gasteiger partial charge in [0.1, 0.15) is 0 Å². The number of aromatic nitrogens is 2. The molecule has 1 saturated carbocycles. The summed E-state index contributed by atoms with van der Waals surface area (Å²) in [5.41, 5.74) is 5.73. The summed E-state index contributed by atoms with van der Waals surface area (Å²) in [4.78, 5) is 11.5. The van der Waals surface area contributed by atoms with Crippen molar-refractivity contribution < 1.29 is 4.79 Å². The van der Waals surface area contributed by atoms with Crippen molar-refractivity contribution in [3.05, 3.63) is 17.4 Å². The number of aryl methyl sites for hydroxylation is 1. The zero-order chi connectivity index (χ0) is 11.5. The maximum Gasteiger partial charge on any atom is 0.222 e. The van der Waals surface area contributed by atoms with Gasteiger partial charge in [0.05, 0.1) is 11.2 Å². The summed E-state index contributed by atoms with van der Waals surface area (Å²) < 4.78 is 1.66. The highest BCUT2D eigenvalue weighted by Gasteiger charge is 2.28. The predicted molar refractivity (Wildman–Crippen MR) is 61.0 cm³/mol. The number of nitrogens with two attached hydrogens (primary N) is 1. The number of hydrogen-bond donors (Lipinski definition) is 2. The van der Waals surface area contributed by atoms with Crippen LogP contribution in [-0.2, 0) is 11.3 Å². The highest BCUT2D eigenvalue weighted by Crippen LogP contribution is 2.17. The first-order valence-corrected chi connectivity index (χ1v) is 5.76. The molecule has 6 heteroatoms. The first kappa shape index (κ1) is 11.4. The molecule has 1 heterocycles. The van der Waals surface area contributed by atoms with Crippen LogP contribution in [0.1, 0.15) is 19.3 Å². The van der Waals surface area contributed by atoms with E-state index < -0.39 is 0 Å². The number of rotatable bonds is 4. The minimum Gasteiger partial charge on any atom is -0.352 e. The molecule has 88 valence electrons. The van der Waals surface area contributed by atoms with E-state index in [4.69, 9.17) is 17.3 Å². The third kappa shape index (κ3) is 2.74. The maximum absolute atomic E-state index is 11.5. The van der Waals surface area contributed by atoms with E-state index in [0.717, 1.165) is 12.8 Å². The lowest BCUT2D eigenvalue weighted by molar-refractivity contribution is -0.122. The summed E-state index contributed by atoms with van der Waals surface area (Å²) >= 11 is 5.71. The molecule has 5 nitrogen and oxygen atoms in total. The van der Waals surface area contributed by atoms with Gasteiger partial charge >= 0.3 is 0 Å². The second kappa shape index (κ2) is 4.84. The lowest BCUT2D eigenvalue weighted by Crippen LogP contribution is -2.54. The highest BCUT2D eigenvalue weighted by atomic mass is 35.5. The molecule has 0 saturated heterocycles. The molecule has 0 radical (unpaired) electrons. The van der Waals surface area contributed by atoms with Crippen LogP contribution in [-0.4, -0.2) is 27.8 Å². The van der Waals surface area contributed by atoms with Crippen molar-refractivity contribution in [2.24, 2.45) is 5.73 Å². The van der Waals surface area contributed by atoms with Gasteiger partial charge in [0.2, 0.25) is 5.91 Å². The smallest absolute Gasteiger partial charge is 0.222 e. The van der Waals surface area contributed by atoms with Crippen LogP contribution in [0.3, 0.4) is 0 Å². The summed E-state index contributed by atoms with van der Waals surface area (Å²) in [6.45, 7) is 0.542. The largest absolute Gasteiger partial charge is 0.352 e. The fourth-order valence-electron chi connectivity index (χ4n) is 1.66. The third-order valence-corrected chi connectivity index (χ3v) is 3.04. The molecule has 0 aromatic carbocycles. The molecular weight excluding hydrogens is 228 g/mol. The minimum absolute atomic E-state index is 0.0202. The lowest BCUT2D eigenvalue weighted by Gasteiger charge is -2.34. The van der Waals surface area contributed by atoms with Gasteiger partial charge in [0.15, 0.2) is 0 Å². The lowest BCUT2D eigenvalue weighted by atomic mass is 9.87. The Balaban J connectivity index is 1.71. The average molecular weight is 243 g/mol. The van der Waals surface area contributed by atoms with Crippen molar-refractivity contribution in [1.82, 2.24) is 15.1 Å². The summed E-state index contributed by atoms with van der Waals surface area (Å²) in [5, 5.41) is 7.49. The van der Waals surface area contributed by atoms with Crippen LogP contribution in [0.4, 0.5) is 0 Å². The van der Waals surface area contributed by atoms with Gasteiger partial charge in [-0.05, 0) is 12.8 Å². The number of nitrogens with zero attached hydrogens (tertiary/aromatic N) is 2. The van der Waals surface area contributed by atoms with Crippen molar-refractivity contribution in [3.8, 4) is 0 Å². The van der Waals surface area contributed by atoms with Crippen LogP contribution < -0.4 is 11.1 Å². The maximum atomic E-state index is 11.5. The van der Waals surface area contributed by atoms with Crippen molar-refractivity contribution in [2.45, 2.75) is 37.9 Å². The number of amides is 1. The molecule has 1 amide bonds. The van der Waals surface area contributed by atoms with Crippen molar-refractivity contribution in [2.75, 3.05) is 0 Å². The first-order valence-electron chi connectivity index (χ1n) is 5.38. The van der Waals surface area contributed by atoms with Crippen molar-refractivity contribution in [1.29, 1.82) is 0 Å². The molecular formula is C10H15ClN4O. The van der Waals surface area contributed by atoms with Crippen LogP contribution in [0, 0.1) is 0 Å². The molecule has 1 aromatic rings. The van der Waals surface area contributed by atoms with E-state index in [2.05, 4.69) is 10.4 Å². The Morgan fingerprint density at radius 1 is 1.69 bits per heavy atom. The number of carbonyl (C=O) groups excluding carboxylic acids is 1. The molecule has 0 bridgehead atoms. The van der Waals surface area contributed by atoms with E-state index in [1.54, 1.807) is 17.1 Å². The van der Waals surface area contributed by atoms with Gasteiger partial charge in [-0.25, -0.2) is 0 Å².